The number of anilines is 1. The van der Waals surface area contributed by atoms with Crippen LogP contribution in [-0.2, 0) is 4.74 Å². The second-order valence-electron chi connectivity index (χ2n) is 4.77. The van der Waals surface area contributed by atoms with E-state index in [4.69, 9.17) is 16.3 Å². The summed E-state index contributed by atoms with van der Waals surface area (Å²) in [5, 5.41) is 7.46. The van der Waals surface area contributed by atoms with E-state index in [0.717, 1.165) is 37.6 Å². The Morgan fingerprint density at radius 1 is 1.61 bits per heavy atom. The van der Waals surface area contributed by atoms with Gasteiger partial charge in [-0.25, -0.2) is 4.98 Å². The number of hydrogen-bond donors (Lipinski definition) is 2. The van der Waals surface area contributed by atoms with E-state index in [-0.39, 0.29) is 0 Å². The summed E-state index contributed by atoms with van der Waals surface area (Å²) >= 11 is 5.84. The van der Waals surface area contributed by atoms with Gasteiger partial charge in [-0.2, -0.15) is 0 Å². The second kappa shape index (κ2) is 6.36. The average molecular weight is 270 g/mol. The zero-order valence-electron chi connectivity index (χ0n) is 10.9. The van der Waals surface area contributed by atoms with E-state index >= 15 is 0 Å². The van der Waals surface area contributed by atoms with Gasteiger partial charge in [0.15, 0.2) is 0 Å². The Balaban J connectivity index is 1.87. The molecule has 1 aromatic heterocycles. The first-order chi connectivity index (χ1) is 8.65. The first-order valence-corrected chi connectivity index (χ1v) is 6.74. The van der Waals surface area contributed by atoms with E-state index in [1.165, 1.54) is 0 Å². The lowest BCUT2D eigenvalue weighted by molar-refractivity contribution is 0.0731. The highest BCUT2D eigenvalue weighted by molar-refractivity contribution is 6.29. The van der Waals surface area contributed by atoms with Crippen molar-refractivity contribution in [3.05, 3.63) is 23.0 Å². The van der Waals surface area contributed by atoms with E-state index in [1.807, 2.05) is 19.1 Å². The zero-order chi connectivity index (χ0) is 13.0. The Kier molecular flexibility index (Phi) is 4.80. The number of nitrogens with one attached hydrogen (secondary N) is 2. The number of halogens is 1. The summed E-state index contributed by atoms with van der Waals surface area (Å²) in [5.41, 5.74) is 1.98. The van der Waals surface area contributed by atoms with Crippen LogP contribution >= 0.6 is 11.6 Å². The van der Waals surface area contributed by atoms with Crippen LogP contribution in [0, 0.1) is 6.92 Å². The highest BCUT2D eigenvalue weighted by Gasteiger charge is 2.16. The predicted molar refractivity (Wildman–Crippen MR) is 74.3 cm³/mol. The first kappa shape index (κ1) is 13.6. The molecule has 4 nitrogen and oxygen atoms in total. The fraction of sp³-hybridized carbons (Fsp3) is 0.615. The Morgan fingerprint density at radius 3 is 3.11 bits per heavy atom. The molecule has 2 atom stereocenters. The normalized spacial score (nSPS) is 21.6. The molecule has 0 bridgehead atoms. The fourth-order valence-electron chi connectivity index (χ4n) is 2.21. The van der Waals surface area contributed by atoms with Gasteiger partial charge in [0, 0.05) is 18.6 Å². The van der Waals surface area contributed by atoms with E-state index in [1.54, 1.807) is 0 Å². The van der Waals surface area contributed by atoms with Crippen molar-refractivity contribution in [1.82, 2.24) is 10.3 Å². The quantitative estimate of drug-likeness (QED) is 0.823. The Bertz CT molecular complexity index is 394. The van der Waals surface area contributed by atoms with Crippen molar-refractivity contribution in [2.75, 3.05) is 25.1 Å². The molecule has 1 aliphatic rings. The molecular formula is C13H20ClN3O. The maximum atomic E-state index is 5.84. The van der Waals surface area contributed by atoms with Gasteiger partial charge in [0.2, 0.25) is 0 Å². The number of aromatic nitrogens is 1. The smallest absolute Gasteiger partial charge is 0.129 e. The SMILES string of the molecule is Cc1nc(Cl)ccc1NC(C)CC1COCCN1. The van der Waals surface area contributed by atoms with Crippen LogP contribution in [0.5, 0.6) is 0 Å². The largest absolute Gasteiger partial charge is 0.381 e. The van der Waals surface area contributed by atoms with Gasteiger partial charge in [0.25, 0.3) is 0 Å². The summed E-state index contributed by atoms with van der Waals surface area (Å²) in [5.74, 6) is 0. The molecular weight excluding hydrogens is 250 g/mol. The first-order valence-electron chi connectivity index (χ1n) is 6.36. The van der Waals surface area contributed by atoms with Gasteiger partial charge in [0.1, 0.15) is 5.15 Å². The van der Waals surface area contributed by atoms with Crippen LogP contribution in [0.3, 0.4) is 0 Å². The number of pyridine rings is 1. The number of nitrogens with zero attached hydrogens (tertiary/aromatic N) is 1. The molecule has 0 aromatic carbocycles. The topological polar surface area (TPSA) is 46.2 Å². The summed E-state index contributed by atoms with van der Waals surface area (Å²) < 4.78 is 5.45. The molecule has 2 unspecified atom stereocenters. The molecule has 1 saturated heterocycles. The second-order valence-corrected chi connectivity index (χ2v) is 5.16. The average Bonchev–Trinajstić information content (AvgIpc) is 2.34. The van der Waals surface area contributed by atoms with Crippen LogP contribution < -0.4 is 10.6 Å². The minimum absolute atomic E-state index is 0.367. The van der Waals surface area contributed by atoms with Crippen molar-refractivity contribution in [1.29, 1.82) is 0 Å². The summed E-state index contributed by atoms with van der Waals surface area (Å²) in [6.07, 6.45) is 1.03. The van der Waals surface area contributed by atoms with Crippen molar-refractivity contribution in [2.24, 2.45) is 0 Å². The van der Waals surface area contributed by atoms with E-state index in [9.17, 15) is 0 Å². The monoisotopic (exact) mass is 269 g/mol. The highest BCUT2D eigenvalue weighted by Crippen LogP contribution is 2.17. The van der Waals surface area contributed by atoms with Gasteiger partial charge in [-0.3, -0.25) is 0 Å². The lowest BCUT2D eigenvalue weighted by Gasteiger charge is -2.27. The molecule has 100 valence electrons. The van der Waals surface area contributed by atoms with Crippen LogP contribution in [0.4, 0.5) is 5.69 Å². The molecule has 0 radical (unpaired) electrons. The van der Waals surface area contributed by atoms with Crippen molar-refractivity contribution >= 4 is 17.3 Å². The Hall–Kier alpha value is -0.840. The van der Waals surface area contributed by atoms with Gasteiger partial charge in [-0.05, 0) is 32.4 Å². The van der Waals surface area contributed by atoms with Crippen LogP contribution in [0.15, 0.2) is 12.1 Å². The molecule has 0 amide bonds. The molecule has 2 heterocycles. The zero-order valence-corrected chi connectivity index (χ0v) is 11.6. The lowest BCUT2D eigenvalue weighted by Crippen LogP contribution is -2.43. The van der Waals surface area contributed by atoms with Crippen molar-refractivity contribution in [3.63, 3.8) is 0 Å². The van der Waals surface area contributed by atoms with Gasteiger partial charge >= 0.3 is 0 Å². The molecule has 1 aliphatic heterocycles. The lowest BCUT2D eigenvalue weighted by atomic mass is 10.1. The minimum Gasteiger partial charge on any atom is -0.381 e. The number of rotatable bonds is 4. The summed E-state index contributed by atoms with van der Waals surface area (Å²) in [7, 11) is 0. The van der Waals surface area contributed by atoms with Gasteiger partial charge in [-0.1, -0.05) is 11.6 Å². The molecule has 5 heteroatoms. The van der Waals surface area contributed by atoms with Gasteiger partial charge < -0.3 is 15.4 Å². The standard InChI is InChI=1S/C13H20ClN3O/c1-9(7-11-8-18-6-5-15-11)16-12-3-4-13(14)17-10(12)2/h3-4,9,11,15-16H,5-8H2,1-2H3. The van der Waals surface area contributed by atoms with Crippen molar-refractivity contribution in [2.45, 2.75) is 32.4 Å². The molecule has 2 rings (SSSR count). The molecule has 0 aliphatic carbocycles. The fourth-order valence-corrected chi connectivity index (χ4v) is 2.39. The predicted octanol–water partition coefficient (Wildman–Crippen LogP) is 2.22. The van der Waals surface area contributed by atoms with E-state index in [0.29, 0.717) is 17.2 Å². The summed E-state index contributed by atoms with van der Waals surface area (Å²) in [6.45, 7) is 6.69. The van der Waals surface area contributed by atoms with Crippen LogP contribution in [0.25, 0.3) is 0 Å². The molecule has 0 saturated carbocycles. The molecule has 1 aromatic rings. The van der Waals surface area contributed by atoms with Gasteiger partial charge in [0.05, 0.1) is 24.6 Å². The number of ether oxygens (including phenoxy) is 1. The minimum atomic E-state index is 0.367. The van der Waals surface area contributed by atoms with Crippen LogP contribution in [0.1, 0.15) is 19.0 Å². The Labute approximate surface area is 113 Å². The third kappa shape index (κ3) is 3.83. The summed E-state index contributed by atoms with van der Waals surface area (Å²) in [4.78, 5) is 4.24. The maximum Gasteiger partial charge on any atom is 0.129 e. The van der Waals surface area contributed by atoms with Crippen molar-refractivity contribution in [3.8, 4) is 0 Å². The Morgan fingerprint density at radius 2 is 2.44 bits per heavy atom. The van der Waals surface area contributed by atoms with Gasteiger partial charge in [-0.15, -0.1) is 0 Å². The molecule has 2 N–H and O–H groups in total. The maximum absolute atomic E-state index is 5.84. The van der Waals surface area contributed by atoms with Crippen molar-refractivity contribution < 1.29 is 4.74 Å². The third-order valence-electron chi connectivity index (χ3n) is 3.09. The number of hydrogen-bond acceptors (Lipinski definition) is 4. The number of morpholine rings is 1. The van der Waals surface area contributed by atoms with Crippen LogP contribution in [-0.4, -0.2) is 36.8 Å². The third-order valence-corrected chi connectivity index (χ3v) is 3.30. The van der Waals surface area contributed by atoms with E-state index < -0.39 is 0 Å². The highest BCUT2D eigenvalue weighted by atomic mass is 35.5. The molecule has 1 fully saturated rings. The number of aryl methyl sites for hydroxylation is 1. The van der Waals surface area contributed by atoms with E-state index in [2.05, 4.69) is 22.5 Å². The molecule has 0 spiro atoms. The summed E-state index contributed by atoms with van der Waals surface area (Å²) in [6, 6.07) is 4.59. The van der Waals surface area contributed by atoms with Crippen LogP contribution in [0.2, 0.25) is 5.15 Å². The molecule has 18 heavy (non-hydrogen) atoms.